The monoisotopic (exact) mass is 307 g/mol. The first kappa shape index (κ1) is 13.7. The molecule has 4 rings (SSSR count). The Bertz CT molecular complexity index is 987. The molecule has 0 atom stereocenters. The Hall–Kier alpha value is -2.95. The molecule has 2 heterocycles. The highest BCUT2D eigenvalue weighted by Gasteiger charge is 2.16. The zero-order chi connectivity index (χ0) is 15.8. The SMILES string of the molecule is Cc1nnc(-c2cc3ccccc3n2Cc2ccccc2F)o1. The highest BCUT2D eigenvalue weighted by Crippen LogP contribution is 2.28. The lowest BCUT2D eigenvalue weighted by Crippen LogP contribution is -2.03. The van der Waals surface area contributed by atoms with Gasteiger partial charge in [0.1, 0.15) is 11.5 Å². The number of nitrogens with zero attached hydrogens (tertiary/aromatic N) is 3. The zero-order valence-corrected chi connectivity index (χ0v) is 12.5. The van der Waals surface area contributed by atoms with Crippen LogP contribution in [0.1, 0.15) is 11.5 Å². The van der Waals surface area contributed by atoms with Gasteiger partial charge in [-0.15, -0.1) is 10.2 Å². The number of fused-ring (bicyclic) bond motifs is 1. The molecule has 4 nitrogen and oxygen atoms in total. The summed E-state index contributed by atoms with van der Waals surface area (Å²) in [6.45, 7) is 2.15. The molecule has 0 N–H and O–H groups in total. The minimum atomic E-state index is -0.224. The van der Waals surface area contributed by atoms with Crippen molar-refractivity contribution in [3.05, 3.63) is 71.9 Å². The predicted molar refractivity (Wildman–Crippen MR) is 85.5 cm³/mol. The van der Waals surface area contributed by atoms with Crippen LogP contribution in [0.3, 0.4) is 0 Å². The number of rotatable bonds is 3. The van der Waals surface area contributed by atoms with Crippen molar-refractivity contribution in [2.45, 2.75) is 13.5 Å². The highest BCUT2D eigenvalue weighted by atomic mass is 19.1. The van der Waals surface area contributed by atoms with E-state index in [-0.39, 0.29) is 5.82 Å². The maximum atomic E-state index is 14.1. The van der Waals surface area contributed by atoms with Crippen LogP contribution < -0.4 is 0 Å². The molecule has 0 fully saturated rings. The van der Waals surface area contributed by atoms with E-state index in [2.05, 4.69) is 10.2 Å². The minimum Gasteiger partial charge on any atom is -0.420 e. The van der Waals surface area contributed by atoms with Crippen LogP contribution in [0.25, 0.3) is 22.5 Å². The molecular formula is C18H14FN3O. The molecule has 4 aromatic rings. The van der Waals surface area contributed by atoms with Gasteiger partial charge in [-0.2, -0.15) is 0 Å². The van der Waals surface area contributed by atoms with Gasteiger partial charge >= 0.3 is 0 Å². The molecule has 0 amide bonds. The van der Waals surface area contributed by atoms with Gasteiger partial charge in [-0.1, -0.05) is 36.4 Å². The molecule has 0 radical (unpaired) electrons. The van der Waals surface area contributed by atoms with Crippen molar-refractivity contribution in [2.75, 3.05) is 0 Å². The fourth-order valence-electron chi connectivity index (χ4n) is 2.75. The summed E-state index contributed by atoms with van der Waals surface area (Å²) < 4.78 is 21.6. The van der Waals surface area contributed by atoms with Crippen LogP contribution in [0.2, 0.25) is 0 Å². The molecule has 0 spiro atoms. The highest BCUT2D eigenvalue weighted by molar-refractivity contribution is 5.85. The second-order valence-electron chi connectivity index (χ2n) is 5.39. The van der Waals surface area contributed by atoms with Gasteiger partial charge in [0.2, 0.25) is 5.89 Å². The van der Waals surface area contributed by atoms with Crippen LogP contribution in [0.5, 0.6) is 0 Å². The average Bonchev–Trinajstić information content (AvgIpc) is 3.14. The Labute approximate surface area is 132 Å². The minimum absolute atomic E-state index is 0.224. The zero-order valence-electron chi connectivity index (χ0n) is 12.5. The molecule has 0 saturated carbocycles. The van der Waals surface area contributed by atoms with Crippen LogP contribution >= 0.6 is 0 Å². The smallest absolute Gasteiger partial charge is 0.264 e. The third kappa shape index (κ3) is 2.40. The van der Waals surface area contributed by atoms with Gasteiger partial charge in [0, 0.05) is 23.4 Å². The molecule has 0 aliphatic heterocycles. The molecule has 0 aliphatic carbocycles. The lowest BCUT2D eigenvalue weighted by atomic mass is 10.2. The molecule has 23 heavy (non-hydrogen) atoms. The number of aromatic nitrogens is 3. The van der Waals surface area contributed by atoms with Crippen LogP contribution in [0.15, 0.2) is 59.0 Å². The molecule has 2 aromatic heterocycles. The first-order chi connectivity index (χ1) is 11.2. The van der Waals surface area contributed by atoms with Gasteiger partial charge in [-0.25, -0.2) is 4.39 Å². The fourth-order valence-corrected chi connectivity index (χ4v) is 2.75. The molecule has 0 aliphatic rings. The third-order valence-corrected chi connectivity index (χ3v) is 3.84. The maximum absolute atomic E-state index is 14.1. The fraction of sp³-hybridized carbons (Fsp3) is 0.111. The Morgan fingerprint density at radius 2 is 1.83 bits per heavy atom. The van der Waals surface area contributed by atoms with E-state index in [1.54, 1.807) is 19.1 Å². The topological polar surface area (TPSA) is 43.9 Å². The molecule has 114 valence electrons. The van der Waals surface area contributed by atoms with Crippen LogP contribution in [-0.2, 0) is 6.54 Å². The van der Waals surface area contributed by atoms with Gasteiger partial charge in [0.25, 0.3) is 5.89 Å². The molecule has 0 unspecified atom stereocenters. The normalized spacial score (nSPS) is 11.2. The van der Waals surface area contributed by atoms with Gasteiger partial charge in [-0.3, -0.25) is 0 Å². The second kappa shape index (κ2) is 5.35. The van der Waals surface area contributed by atoms with Crippen LogP contribution in [0, 0.1) is 12.7 Å². The average molecular weight is 307 g/mol. The lowest BCUT2D eigenvalue weighted by Gasteiger charge is -2.09. The first-order valence-corrected chi connectivity index (χ1v) is 7.34. The number of halogens is 1. The second-order valence-corrected chi connectivity index (χ2v) is 5.39. The number of para-hydroxylation sites is 1. The Kier molecular flexibility index (Phi) is 3.19. The number of hydrogen-bond donors (Lipinski definition) is 0. The van der Waals surface area contributed by atoms with E-state index in [0.717, 1.165) is 16.6 Å². The Balaban J connectivity index is 1.91. The van der Waals surface area contributed by atoms with E-state index in [1.807, 2.05) is 41.0 Å². The van der Waals surface area contributed by atoms with Gasteiger partial charge < -0.3 is 8.98 Å². The van der Waals surface area contributed by atoms with Crippen molar-refractivity contribution in [1.82, 2.24) is 14.8 Å². The predicted octanol–water partition coefficient (Wildman–Crippen LogP) is 4.19. The van der Waals surface area contributed by atoms with Crippen molar-refractivity contribution in [3.63, 3.8) is 0 Å². The van der Waals surface area contributed by atoms with Crippen molar-refractivity contribution >= 4 is 10.9 Å². The van der Waals surface area contributed by atoms with Crippen molar-refractivity contribution in [2.24, 2.45) is 0 Å². The molecule has 0 saturated heterocycles. The quantitative estimate of drug-likeness (QED) is 0.570. The number of hydrogen-bond acceptors (Lipinski definition) is 3. The maximum Gasteiger partial charge on any atom is 0.264 e. The van der Waals surface area contributed by atoms with Crippen LogP contribution in [0.4, 0.5) is 4.39 Å². The van der Waals surface area contributed by atoms with Crippen molar-refractivity contribution in [3.8, 4) is 11.6 Å². The summed E-state index contributed by atoms with van der Waals surface area (Å²) in [4.78, 5) is 0. The van der Waals surface area contributed by atoms with E-state index in [0.29, 0.717) is 23.9 Å². The lowest BCUT2D eigenvalue weighted by molar-refractivity contribution is 0.527. The van der Waals surface area contributed by atoms with E-state index >= 15 is 0 Å². The summed E-state index contributed by atoms with van der Waals surface area (Å²) >= 11 is 0. The van der Waals surface area contributed by atoms with Crippen molar-refractivity contribution in [1.29, 1.82) is 0 Å². The summed E-state index contributed by atoms with van der Waals surface area (Å²) in [7, 11) is 0. The summed E-state index contributed by atoms with van der Waals surface area (Å²) in [5.74, 6) is 0.718. The van der Waals surface area contributed by atoms with Gasteiger partial charge in [0.15, 0.2) is 0 Å². The Morgan fingerprint density at radius 1 is 1.04 bits per heavy atom. The molecular weight excluding hydrogens is 293 g/mol. The van der Waals surface area contributed by atoms with Gasteiger partial charge in [-0.05, 0) is 18.2 Å². The molecule has 2 aromatic carbocycles. The summed E-state index contributed by atoms with van der Waals surface area (Å²) in [6, 6.07) is 16.7. The van der Waals surface area contributed by atoms with Crippen LogP contribution in [-0.4, -0.2) is 14.8 Å². The third-order valence-electron chi connectivity index (χ3n) is 3.84. The van der Waals surface area contributed by atoms with Crippen molar-refractivity contribution < 1.29 is 8.81 Å². The van der Waals surface area contributed by atoms with E-state index in [4.69, 9.17) is 4.42 Å². The standard InChI is InChI=1S/C18H14FN3O/c1-12-20-21-18(23-12)17-10-13-6-3-5-9-16(13)22(17)11-14-7-2-4-8-15(14)19/h2-10H,11H2,1H3. The molecule has 5 heteroatoms. The number of aryl methyl sites for hydroxylation is 1. The first-order valence-electron chi connectivity index (χ1n) is 7.34. The largest absolute Gasteiger partial charge is 0.420 e. The summed E-state index contributed by atoms with van der Waals surface area (Å²) in [6.07, 6.45) is 0. The summed E-state index contributed by atoms with van der Waals surface area (Å²) in [5, 5.41) is 9.05. The number of benzene rings is 2. The van der Waals surface area contributed by atoms with Gasteiger partial charge in [0.05, 0.1) is 6.54 Å². The van der Waals surface area contributed by atoms with E-state index in [9.17, 15) is 4.39 Å². The van der Waals surface area contributed by atoms with E-state index in [1.165, 1.54) is 6.07 Å². The summed E-state index contributed by atoms with van der Waals surface area (Å²) in [5.41, 5.74) is 2.41. The molecule has 0 bridgehead atoms. The van der Waals surface area contributed by atoms with E-state index < -0.39 is 0 Å². The Morgan fingerprint density at radius 3 is 2.61 bits per heavy atom.